The van der Waals surface area contributed by atoms with E-state index in [2.05, 4.69) is 20.5 Å². The molecule has 1 amide bonds. The van der Waals surface area contributed by atoms with Crippen molar-refractivity contribution in [3.05, 3.63) is 74.3 Å². The summed E-state index contributed by atoms with van der Waals surface area (Å²) in [6.07, 6.45) is 1.37. The van der Waals surface area contributed by atoms with Crippen molar-refractivity contribution in [1.82, 2.24) is 19.7 Å². The van der Waals surface area contributed by atoms with Crippen molar-refractivity contribution in [3.8, 4) is 5.69 Å². The Morgan fingerprint density at radius 1 is 1.21 bits per heavy atom. The predicted molar refractivity (Wildman–Crippen MR) is 88.7 cm³/mol. The molecular weight excluding hydrogens is 310 g/mol. The maximum atomic E-state index is 12.4. The molecule has 1 aromatic carbocycles. The maximum Gasteiger partial charge on any atom is 0.347 e. The first kappa shape index (κ1) is 15.5. The highest BCUT2D eigenvalue weighted by Crippen LogP contribution is 2.21. The molecule has 0 aliphatic rings. The number of pyridine rings is 1. The molecule has 0 spiro atoms. The van der Waals surface area contributed by atoms with E-state index in [1.165, 1.54) is 17.0 Å². The van der Waals surface area contributed by atoms with Crippen molar-refractivity contribution in [2.75, 3.05) is 5.32 Å². The highest BCUT2D eigenvalue weighted by molar-refractivity contribution is 6.04. The molecule has 0 radical (unpaired) electrons. The van der Waals surface area contributed by atoms with E-state index in [0.29, 0.717) is 22.6 Å². The van der Waals surface area contributed by atoms with E-state index < -0.39 is 5.91 Å². The molecular formula is C16H15N5O3. The molecule has 3 rings (SSSR count). The number of aryl methyl sites for hydroxylation is 1. The van der Waals surface area contributed by atoms with Crippen molar-refractivity contribution in [2.24, 2.45) is 0 Å². The SMILES string of the molecule is Cc1cc(C(=O)Nc2cccc(-n3cn[nH]c3=O)c2C)cc(=O)[nH]1. The van der Waals surface area contributed by atoms with E-state index in [0.717, 1.165) is 0 Å². The van der Waals surface area contributed by atoms with Crippen LogP contribution in [0.1, 0.15) is 21.6 Å². The van der Waals surface area contributed by atoms with Crippen LogP contribution in [-0.2, 0) is 0 Å². The zero-order valence-electron chi connectivity index (χ0n) is 13.1. The van der Waals surface area contributed by atoms with Gasteiger partial charge in [-0.15, -0.1) is 0 Å². The van der Waals surface area contributed by atoms with Gasteiger partial charge in [0, 0.05) is 23.0 Å². The van der Waals surface area contributed by atoms with Gasteiger partial charge in [0.25, 0.3) is 5.91 Å². The average molecular weight is 325 g/mol. The Morgan fingerprint density at radius 2 is 2.00 bits per heavy atom. The Labute approximate surface area is 136 Å². The minimum Gasteiger partial charge on any atom is -0.326 e. The summed E-state index contributed by atoms with van der Waals surface area (Å²) in [5.41, 5.74) is 2.01. The second-order valence-electron chi connectivity index (χ2n) is 5.35. The zero-order valence-corrected chi connectivity index (χ0v) is 13.1. The van der Waals surface area contributed by atoms with Crippen molar-refractivity contribution in [3.63, 3.8) is 0 Å². The largest absolute Gasteiger partial charge is 0.347 e. The molecule has 24 heavy (non-hydrogen) atoms. The molecule has 3 aromatic rings. The van der Waals surface area contributed by atoms with Crippen LogP contribution in [-0.4, -0.2) is 25.7 Å². The first-order valence-corrected chi connectivity index (χ1v) is 7.20. The first-order valence-electron chi connectivity index (χ1n) is 7.20. The van der Waals surface area contributed by atoms with Gasteiger partial charge in [-0.2, -0.15) is 5.10 Å². The molecule has 0 aliphatic heterocycles. The second kappa shape index (κ2) is 5.99. The fourth-order valence-corrected chi connectivity index (χ4v) is 2.45. The van der Waals surface area contributed by atoms with Gasteiger partial charge in [0.2, 0.25) is 5.56 Å². The van der Waals surface area contributed by atoms with E-state index in [4.69, 9.17) is 0 Å². The lowest BCUT2D eigenvalue weighted by atomic mass is 10.1. The smallest absolute Gasteiger partial charge is 0.326 e. The van der Waals surface area contributed by atoms with Crippen LogP contribution in [0.3, 0.4) is 0 Å². The molecule has 0 aliphatic carbocycles. The fraction of sp³-hybridized carbons (Fsp3) is 0.125. The summed E-state index contributed by atoms with van der Waals surface area (Å²) < 4.78 is 1.35. The molecule has 0 fully saturated rings. The van der Waals surface area contributed by atoms with E-state index in [9.17, 15) is 14.4 Å². The number of hydrogen-bond donors (Lipinski definition) is 3. The van der Waals surface area contributed by atoms with Crippen LogP contribution in [0.4, 0.5) is 5.69 Å². The lowest BCUT2D eigenvalue weighted by Crippen LogP contribution is -2.19. The Morgan fingerprint density at radius 3 is 2.67 bits per heavy atom. The Bertz CT molecular complexity index is 1030. The number of aromatic amines is 2. The molecule has 0 saturated heterocycles. The minimum absolute atomic E-state index is 0.265. The molecule has 3 N–H and O–H groups in total. The third-order valence-corrected chi connectivity index (χ3v) is 3.61. The number of benzene rings is 1. The number of aromatic nitrogens is 4. The van der Waals surface area contributed by atoms with Gasteiger partial charge in [-0.3, -0.25) is 9.59 Å². The van der Waals surface area contributed by atoms with E-state index in [-0.39, 0.29) is 16.8 Å². The monoisotopic (exact) mass is 325 g/mol. The van der Waals surface area contributed by atoms with Crippen molar-refractivity contribution < 1.29 is 4.79 Å². The summed E-state index contributed by atoms with van der Waals surface area (Å²) in [5, 5.41) is 8.79. The number of anilines is 1. The second-order valence-corrected chi connectivity index (χ2v) is 5.35. The molecule has 2 aromatic heterocycles. The molecule has 8 heteroatoms. The summed E-state index contributed by atoms with van der Waals surface area (Å²) in [5.74, 6) is -0.399. The Hall–Kier alpha value is -3.42. The summed E-state index contributed by atoms with van der Waals surface area (Å²) in [6.45, 7) is 3.49. The summed E-state index contributed by atoms with van der Waals surface area (Å²) in [6, 6.07) is 8.03. The van der Waals surface area contributed by atoms with Gasteiger partial charge in [0.1, 0.15) is 6.33 Å². The number of H-pyrrole nitrogens is 2. The van der Waals surface area contributed by atoms with Crippen LogP contribution in [0.5, 0.6) is 0 Å². The Balaban J connectivity index is 1.96. The zero-order chi connectivity index (χ0) is 17.3. The van der Waals surface area contributed by atoms with Crippen LogP contribution >= 0.6 is 0 Å². The molecule has 122 valence electrons. The number of nitrogens with zero attached hydrogens (tertiary/aromatic N) is 2. The number of carbonyl (C=O) groups excluding carboxylic acids is 1. The third kappa shape index (κ3) is 2.89. The summed E-state index contributed by atoms with van der Waals surface area (Å²) in [4.78, 5) is 38.2. The van der Waals surface area contributed by atoms with Gasteiger partial charge in [0.15, 0.2) is 0 Å². The number of rotatable bonds is 3. The summed E-state index contributed by atoms with van der Waals surface area (Å²) >= 11 is 0. The minimum atomic E-state index is -0.399. The third-order valence-electron chi connectivity index (χ3n) is 3.61. The number of nitrogens with one attached hydrogen (secondary N) is 3. The van der Waals surface area contributed by atoms with E-state index >= 15 is 0 Å². The van der Waals surface area contributed by atoms with E-state index in [1.807, 2.05) is 0 Å². The lowest BCUT2D eigenvalue weighted by molar-refractivity contribution is 0.102. The highest BCUT2D eigenvalue weighted by atomic mass is 16.2. The lowest BCUT2D eigenvalue weighted by Gasteiger charge is -2.12. The number of carbonyl (C=O) groups is 1. The van der Waals surface area contributed by atoms with Crippen molar-refractivity contribution >= 4 is 11.6 Å². The van der Waals surface area contributed by atoms with Gasteiger partial charge >= 0.3 is 5.69 Å². The van der Waals surface area contributed by atoms with Crippen molar-refractivity contribution in [1.29, 1.82) is 0 Å². The maximum absolute atomic E-state index is 12.4. The standard InChI is InChI=1S/C16H15N5O3/c1-9-6-11(7-14(22)18-9)15(23)19-12-4-3-5-13(10(12)2)21-8-17-20-16(21)24/h3-8H,1-2H3,(H,18,22)(H,19,23)(H,20,24). The average Bonchev–Trinajstić information content (AvgIpc) is 2.94. The van der Waals surface area contributed by atoms with Crippen LogP contribution < -0.4 is 16.6 Å². The highest BCUT2D eigenvalue weighted by Gasteiger charge is 2.12. The predicted octanol–water partition coefficient (Wildman–Crippen LogP) is 1.12. The van der Waals surface area contributed by atoms with Crippen LogP contribution in [0.25, 0.3) is 5.69 Å². The van der Waals surface area contributed by atoms with Gasteiger partial charge in [-0.05, 0) is 37.6 Å². The summed E-state index contributed by atoms with van der Waals surface area (Å²) in [7, 11) is 0. The molecule has 8 nitrogen and oxygen atoms in total. The molecule has 0 atom stereocenters. The number of hydrogen-bond acceptors (Lipinski definition) is 4. The molecule has 0 saturated carbocycles. The van der Waals surface area contributed by atoms with Crippen LogP contribution in [0.15, 0.2) is 46.2 Å². The molecule has 0 bridgehead atoms. The van der Waals surface area contributed by atoms with Crippen molar-refractivity contribution in [2.45, 2.75) is 13.8 Å². The van der Waals surface area contributed by atoms with E-state index in [1.54, 1.807) is 38.1 Å². The first-order chi connectivity index (χ1) is 11.5. The molecule has 2 heterocycles. The topological polar surface area (TPSA) is 113 Å². The normalized spacial score (nSPS) is 10.6. The van der Waals surface area contributed by atoms with Gasteiger partial charge in [0.05, 0.1) is 5.69 Å². The van der Waals surface area contributed by atoms with Crippen LogP contribution in [0, 0.1) is 13.8 Å². The fourth-order valence-electron chi connectivity index (χ4n) is 2.45. The van der Waals surface area contributed by atoms with Gasteiger partial charge in [-0.25, -0.2) is 14.5 Å². The number of amides is 1. The van der Waals surface area contributed by atoms with Crippen LogP contribution in [0.2, 0.25) is 0 Å². The van der Waals surface area contributed by atoms with Gasteiger partial charge < -0.3 is 10.3 Å². The van der Waals surface area contributed by atoms with Gasteiger partial charge in [-0.1, -0.05) is 6.07 Å². The Kier molecular flexibility index (Phi) is 3.87. The molecule has 0 unspecified atom stereocenters. The quantitative estimate of drug-likeness (QED) is 0.669.